The Morgan fingerprint density at radius 3 is 2.50 bits per heavy atom. The maximum Gasteiger partial charge on any atom is 0.273 e. The number of aryl methyl sites for hydroxylation is 3. The van der Waals surface area contributed by atoms with Gasteiger partial charge in [-0.3, -0.25) is 4.79 Å². The highest BCUT2D eigenvalue weighted by Gasteiger charge is 2.17. The number of hydrogen-bond acceptors (Lipinski definition) is 3. The number of nitrogens with one attached hydrogen (secondary N) is 1. The summed E-state index contributed by atoms with van der Waals surface area (Å²) >= 11 is 0. The Bertz CT molecular complexity index is 864. The van der Waals surface area contributed by atoms with Crippen LogP contribution in [0.4, 0.5) is 0 Å². The van der Waals surface area contributed by atoms with Crippen LogP contribution in [-0.4, -0.2) is 10.9 Å². The van der Waals surface area contributed by atoms with Crippen LogP contribution in [0.15, 0.2) is 52.9 Å². The molecule has 1 amide bonds. The summed E-state index contributed by atoms with van der Waals surface area (Å²) in [5.41, 5.74) is 4.57. The van der Waals surface area contributed by atoms with E-state index in [-0.39, 0.29) is 5.91 Å². The van der Waals surface area contributed by atoms with E-state index in [9.17, 15) is 4.79 Å². The molecule has 2 aromatic carbocycles. The number of rotatable bonds is 4. The van der Waals surface area contributed by atoms with E-state index >= 15 is 0 Å². The van der Waals surface area contributed by atoms with Crippen molar-refractivity contribution < 1.29 is 9.21 Å². The molecule has 3 aromatic rings. The fourth-order valence-corrected chi connectivity index (χ4v) is 2.48. The number of aromatic nitrogens is 1. The quantitative estimate of drug-likeness (QED) is 0.784. The molecule has 0 aliphatic rings. The van der Waals surface area contributed by atoms with Gasteiger partial charge in [-0.15, -0.1) is 0 Å². The van der Waals surface area contributed by atoms with Crippen molar-refractivity contribution in [1.82, 2.24) is 10.3 Å². The average Bonchev–Trinajstić information content (AvgIpc) is 2.96. The number of nitrogens with zero attached hydrogens (tertiary/aromatic N) is 1. The van der Waals surface area contributed by atoms with E-state index in [2.05, 4.69) is 10.3 Å². The molecule has 0 saturated carbocycles. The predicted octanol–water partition coefficient (Wildman–Crippen LogP) is 4.20. The van der Waals surface area contributed by atoms with E-state index in [1.807, 2.05) is 62.4 Å². The van der Waals surface area contributed by atoms with Crippen molar-refractivity contribution in [3.8, 4) is 11.5 Å². The van der Waals surface area contributed by atoms with Crippen molar-refractivity contribution in [2.75, 3.05) is 0 Å². The van der Waals surface area contributed by atoms with Gasteiger partial charge in [-0.1, -0.05) is 47.5 Å². The van der Waals surface area contributed by atoms with Gasteiger partial charge in [-0.2, -0.15) is 0 Å². The molecule has 0 radical (unpaired) electrons. The monoisotopic (exact) mass is 320 g/mol. The Kier molecular flexibility index (Phi) is 4.47. The molecular formula is C20H20N2O2. The minimum absolute atomic E-state index is 0.226. The third kappa shape index (κ3) is 3.54. The normalized spacial score (nSPS) is 10.6. The highest BCUT2D eigenvalue weighted by molar-refractivity contribution is 5.93. The fraction of sp³-hybridized carbons (Fsp3) is 0.200. The maximum atomic E-state index is 12.4. The molecule has 1 aromatic heterocycles. The SMILES string of the molecule is Cc1ccc(CNC(=O)c2nc(-c3cccc(C)c3)oc2C)cc1. The van der Waals surface area contributed by atoms with Crippen molar-refractivity contribution >= 4 is 5.91 Å². The third-order valence-electron chi connectivity index (χ3n) is 3.85. The first kappa shape index (κ1) is 16.0. The van der Waals surface area contributed by atoms with E-state index in [4.69, 9.17) is 4.42 Å². The molecule has 1 heterocycles. The van der Waals surface area contributed by atoms with Gasteiger partial charge < -0.3 is 9.73 Å². The summed E-state index contributed by atoms with van der Waals surface area (Å²) in [4.78, 5) is 16.8. The summed E-state index contributed by atoms with van der Waals surface area (Å²) in [5, 5.41) is 2.89. The van der Waals surface area contributed by atoms with Crippen molar-refractivity contribution in [2.45, 2.75) is 27.3 Å². The van der Waals surface area contributed by atoms with Crippen molar-refractivity contribution in [3.63, 3.8) is 0 Å². The number of oxazole rings is 1. The maximum absolute atomic E-state index is 12.4. The number of benzene rings is 2. The molecule has 0 saturated heterocycles. The highest BCUT2D eigenvalue weighted by Crippen LogP contribution is 2.22. The lowest BCUT2D eigenvalue weighted by Crippen LogP contribution is -2.23. The Balaban J connectivity index is 1.74. The van der Waals surface area contributed by atoms with Gasteiger partial charge in [0.15, 0.2) is 5.69 Å². The van der Waals surface area contributed by atoms with Crippen molar-refractivity contribution in [1.29, 1.82) is 0 Å². The highest BCUT2D eigenvalue weighted by atomic mass is 16.4. The number of amides is 1. The molecule has 0 fully saturated rings. The molecule has 24 heavy (non-hydrogen) atoms. The molecular weight excluding hydrogens is 300 g/mol. The van der Waals surface area contributed by atoms with Gasteiger partial charge in [0.1, 0.15) is 5.76 Å². The zero-order valence-electron chi connectivity index (χ0n) is 14.1. The summed E-state index contributed by atoms with van der Waals surface area (Å²) < 4.78 is 5.67. The zero-order valence-corrected chi connectivity index (χ0v) is 14.1. The average molecular weight is 320 g/mol. The van der Waals surface area contributed by atoms with Crippen molar-refractivity contribution in [2.24, 2.45) is 0 Å². The Morgan fingerprint density at radius 1 is 1.04 bits per heavy atom. The lowest BCUT2D eigenvalue weighted by Gasteiger charge is -2.04. The van der Waals surface area contributed by atoms with E-state index in [0.717, 1.165) is 16.7 Å². The van der Waals surface area contributed by atoms with Crippen molar-refractivity contribution in [3.05, 3.63) is 76.7 Å². The van der Waals surface area contributed by atoms with Crippen LogP contribution in [0.25, 0.3) is 11.5 Å². The smallest absolute Gasteiger partial charge is 0.273 e. The largest absolute Gasteiger partial charge is 0.441 e. The van der Waals surface area contributed by atoms with Gasteiger partial charge in [0.25, 0.3) is 5.91 Å². The summed E-state index contributed by atoms with van der Waals surface area (Å²) in [6.45, 7) is 6.26. The summed E-state index contributed by atoms with van der Waals surface area (Å²) in [6, 6.07) is 15.9. The molecule has 122 valence electrons. The van der Waals surface area contributed by atoms with Gasteiger partial charge in [-0.05, 0) is 38.5 Å². The van der Waals surface area contributed by atoms with Gasteiger partial charge in [0.05, 0.1) is 0 Å². The summed E-state index contributed by atoms with van der Waals surface area (Å²) in [7, 11) is 0. The van der Waals surface area contributed by atoms with Crippen LogP contribution in [0.1, 0.15) is 32.9 Å². The number of carbonyl (C=O) groups excluding carboxylic acids is 1. The van der Waals surface area contributed by atoms with E-state index in [1.54, 1.807) is 6.92 Å². The standard InChI is InChI=1S/C20H20N2O2/c1-13-7-9-16(10-8-13)12-21-19(23)18-15(3)24-20(22-18)17-6-4-5-14(2)11-17/h4-11H,12H2,1-3H3,(H,21,23). The molecule has 1 N–H and O–H groups in total. The second-order valence-corrected chi connectivity index (χ2v) is 5.96. The first-order chi connectivity index (χ1) is 11.5. The summed E-state index contributed by atoms with van der Waals surface area (Å²) in [5.74, 6) is 0.764. The molecule has 0 atom stereocenters. The molecule has 4 nitrogen and oxygen atoms in total. The van der Waals surface area contributed by atoms with Crippen LogP contribution >= 0.6 is 0 Å². The molecule has 0 spiro atoms. The van der Waals surface area contributed by atoms with E-state index < -0.39 is 0 Å². The van der Waals surface area contributed by atoms with Gasteiger partial charge in [-0.25, -0.2) is 4.98 Å². The van der Waals surface area contributed by atoms with Gasteiger partial charge in [0, 0.05) is 12.1 Å². The Morgan fingerprint density at radius 2 is 1.79 bits per heavy atom. The molecule has 0 aliphatic carbocycles. The van der Waals surface area contributed by atoms with E-state index in [0.29, 0.717) is 23.9 Å². The second-order valence-electron chi connectivity index (χ2n) is 5.96. The Hall–Kier alpha value is -2.88. The molecule has 0 unspecified atom stereocenters. The van der Waals surface area contributed by atoms with Crippen LogP contribution in [0.3, 0.4) is 0 Å². The van der Waals surface area contributed by atoms with Gasteiger partial charge in [0.2, 0.25) is 5.89 Å². The third-order valence-corrected chi connectivity index (χ3v) is 3.85. The van der Waals surface area contributed by atoms with Crippen LogP contribution in [0.5, 0.6) is 0 Å². The first-order valence-electron chi connectivity index (χ1n) is 7.91. The lowest BCUT2D eigenvalue weighted by molar-refractivity contribution is 0.0945. The Labute approximate surface area is 141 Å². The predicted molar refractivity (Wildman–Crippen MR) is 93.8 cm³/mol. The van der Waals surface area contributed by atoms with Crippen LogP contribution in [-0.2, 0) is 6.54 Å². The summed E-state index contributed by atoms with van der Waals surface area (Å²) in [6.07, 6.45) is 0. The molecule has 4 heteroatoms. The molecule has 0 aliphatic heterocycles. The number of carbonyl (C=O) groups is 1. The first-order valence-corrected chi connectivity index (χ1v) is 7.91. The van der Waals surface area contributed by atoms with Crippen LogP contribution in [0.2, 0.25) is 0 Å². The fourth-order valence-electron chi connectivity index (χ4n) is 2.48. The van der Waals surface area contributed by atoms with Crippen LogP contribution < -0.4 is 5.32 Å². The number of hydrogen-bond donors (Lipinski definition) is 1. The topological polar surface area (TPSA) is 55.1 Å². The minimum atomic E-state index is -0.226. The second kappa shape index (κ2) is 6.71. The minimum Gasteiger partial charge on any atom is -0.441 e. The zero-order chi connectivity index (χ0) is 17.1. The lowest BCUT2D eigenvalue weighted by atomic mass is 10.1. The van der Waals surface area contributed by atoms with Gasteiger partial charge >= 0.3 is 0 Å². The van der Waals surface area contributed by atoms with E-state index in [1.165, 1.54) is 5.56 Å². The molecule has 3 rings (SSSR count). The molecule has 0 bridgehead atoms. The van der Waals surface area contributed by atoms with Crippen LogP contribution in [0, 0.1) is 20.8 Å².